The van der Waals surface area contributed by atoms with Gasteiger partial charge in [0, 0.05) is 12.1 Å². The molecule has 29 heavy (non-hydrogen) atoms. The van der Waals surface area contributed by atoms with E-state index >= 15 is 0 Å². The predicted molar refractivity (Wildman–Crippen MR) is 110 cm³/mol. The molecule has 0 spiro atoms. The highest BCUT2D eigenvalue weighted by atomic mass is 16.6. The fourth-order valence-corrected chi connectivity index (χ4v) is 2.60. The molecule has 3 aromatic carbocycles. The van der Waals surface area contributed by atoms with Crippen LogP contribution in [0.5, 0.6) is 5.75 Å². The molecule has 1 amide bonds. The number of non-ortho nitro benzene ring substituents is 1. The second kappa shape index (κ2) is 9.27. The number of nitrogens with one attached hydrogen (secondary N) is 1. The summed E-state index contributed by atoms with van der Waals surface area (Å²) in [5, 5.41) is 14.8. The number of hydrazone groups is 1. The molecule has 0 bridgehead atoms. The molecule has 0 atom stereocenters. The van der Waals surface area contributed by atoms with Gasteiger partial charge < -0.3 is 4.74 Å². The smallest absolute Gasteiger partial charge is 0.275 e. The lowest BCUT2D eigenvalue weighted by Gasteiger charge is -2.11. The van der Waals surface area contributed by atoms with Gasteiger partial charge in [0.15, 0.2) is 0 Å². The van der Waals surface area contributed by atoms with E-state index in [9.17, 15) is 14.9 Å². The molecule has 7 heteroatoms. The second-order valence-electron chi connectivity index (χ2n) is 6.21. The Labute approximate surface area is 167 Å². The number of nitrogens with zero attached hydrogens (tertiary/aromatic N) is 2. The Balaban J connectivity index is 1.68. The Hall–Kier alpha value is -4.00. The first-order chi connectivity index (χ1) is 14.0. The van der Waals surface area contributed by atoms with Crippen molar-refractivity contribution in [1.29, 1.82) is 0 Å². The lowest BCUT2D eigenvalue weighted by molar-refractivity contribution is -0.384. The minimum Gasteiger partial charge on any atom is -0.488 e. The summed E-state index contributed by atoms with van der Waals surface area (Å²) in [7, 11) is 0. The molecule has 3 rings (SSSR count). The van der Waals surface area contributed by atoms with Crippen molar-refractivity contribution in [1.82, 2.24) is 5.43 Å². The van der Waals surface area contributed by atoms with Crippen molar-refractivity contribution in [2.45, 2.75) is 13.5 Å². The van der Waals surface area contributed by atoms with Crippen LogP contribution in [-0.2, 0) is 6.61 Å². The molecule has 1 N–H and O–H groups in total. The average Bonchev–Trinajstić information content (AvgIpc) is 2.76. The molecule has 0 saturated carbocycles. The van der Waals surface area contributed by atoms with E-state index < -0.39 is 10.8 Å². The van der Waals surface area contributed by atoms with Crippen LogP contribution in [-0.4, -0.2) is 16.5 Å². The highest BCUT2D eigenvalue weighted by Gasteiger charge is 2.12. The molecular weight excluding hydrogens is 370 g/mol. The van der Waals surface area contributed by atoms with Crippen molar-refractivity contribution in [2.75, 3.05) is 0 Å². The topological polar surface area (TPSA) is 93.8 Å². The summed E-state index contributed by atoms with van der Waals surface area (Å²) in [6.07, 6.45) is 0. The molecule has 0 heterocycles. The fraction of sp³-hybridized carbons (Fsp3) is 0.0909. The van der Waals surface area contributed by atoms with Crippen LogP contribution < -0.4 is 10.2 Å². The summed E-state index contributed by atoms with van der Waals surface area (Å²) in [4.78, 5) is 22.8. The van der Waals surface area contributed by atoms with E-state index in [2.05, 4.69) is 10.5 Å². The van der Waals surface area contributed by atoms with Crippen molar-refractivity contribution >= 4 is 17.3 Å². The molecule has 0 radical (unpaired) electrons. The Morgan fingerprint density at radius 1 is 1.00 bits per heavy atom. The number of hydrogen-bond acceptors (Lipinski definition) is 5. The SMILES string of the molecule is CC(=NNC(=O)c1ccccc1OCc1ccccc1)c1ccc([N+](=O)[O-])cc1. The standard InChI is InChI=1S/C22H19N3O4/c1-16(18-11-13-19(14-12-18)25(27)28)23-24-22(26)20-9-5-6-10-21(20)29-15-17-7-3-2-4-8-17/h2-14H,15H2,1H3,(H,24,26). The minimum atomic E-state index is -0.468. The summed E-state index contributed by atoms with van der Waals surface area (Å²) in [5.74, 6) is 0.0481. The molecule has 0 aliphatic carbocycles. The number of nitro benzene ring substituents is 1. The number of para-hydroxylation sites is 1. The van der Waals surface area contributed by atoms with Gasteiger partial charge in [-0.1, -0.05) is 42.5 Å². The van der Waals surface area contributed by atoms with Crippen LogP contribution in [0.1, 0.15) is 28.4 Å². The van der Waals surface area contributed by atoms with Crippen LogP contribution in [0.4, 0.5) is 5.69 Å². The van der Waals surface area contributed by atoms with Gasteiger partial charge in [-0.2, -0.15) is 5.10 Å². The zero-order valence-corrected chi connectivity index (χ0v) is 15.7. The minimum absolute atomic E-state index is 0.00456. The van der Waals surface area contributed by atoms with Gasteiger partial charge in [-0.05, 0) is 42.3 Å². The molecule has 0 aliphatic rings. The van der Waals surface area contributed by atoms with Crippen molar-refractivity contribution in [3.05, 3.63) is 106 Å². The summed E-state index contributed by atoms with van der Waals surface area (Å²) >= 11 is 0. The molecule has 0 aliphatic heterocycles. The number of carbonyl (C=O) groups excluding carboxylic acids is 1. The third-order valence-corrected chi connectivity index (χ3v) is 4.19. The molecular formula is C22H19N3O4. The highest BCUT2D eigenvalue weighted by Crippen LogP contribution is 2.19. The molecule has 146 valence electrons. The summed E-state index contributed by atoms with van der Waals surface area (Å²) < 4.78 is 5.80. The highest BCUT2D eigenvalue weighted by molar-refractivity contribution is 6.01. The van der Waals surface area contributed by atoms with Crippen LogP contribution in [0.25, 0.3) is 0 Å². The van der Waals surface area contributed by atoms with Crippen molar-refractivity contribution < 1.29 is 14.5 Å². The van der Waals surface area contributed by atoms with Crippen molar-refractivity contribution in [3.63, 3.8) is 0 Å². The van der Waals surface area contributed by atoms with Crippen LogP contribution in [0, 0.1) is 10.1 Å². The normalized spacial score (nSPS) is 11.0. The summed E-state index contributed by atoms with van der Waals surface area (Å²) in [6, 6.07) is 22.5. The van der Waals surface area contributed by atoms with Crippen LogP contribution in [0.15, 0.2) is 84.0 Å². The zero-order valence-electron chi connectivity index (χ0n) is 15.7. The number of amides is 1. The van der Waals surface area contributed by atoms with Crippen LogP contribution in [0.2, 0.25) is 0 Å². The van der Waals surface area contributed by atoms with Gasteiger partial charge >= 0.3 is 0 Å². The van der Waals surface area contributed by atoms with Gasteiger partial charge in [-0.3, -0.25) is 14.9 Å². The quantitative estimate of drug-likeness (QED) is 0.370. The first kappa shape index (κ1) is 19.8. The molecule has 0 aromatic heterocycles. The van der Waals surface area contributed by atoms with Gasteiger partial charge in [-0.25, -0.2) is 5.43 Å². The zero-order chi connectivity index (χ0) is 20.6. The first-order valence-corrected chi connectivity index (χ1v) is 8.90. The Bertz CT molecular complexity index is 1030. The molecule has 0 unspecified atom stereocenters. The van der Waals surface area contributed by atoms with Crippen molar-refractivity contribution in [2.24, 2.45) is 5.10 Å². The fourth-order valence-electron chi connectivity index (χ4n) is 2.60. The first-order valence-electron chi connectivity index (χ1n) is 8.90. The van der Waals surface area contributed by atoms with Gasteiger partial charge in [0.05, 0.1) is 16.2 Å². The number of hydrogen-bond donors (Lipinski definition) is 1. The number of nitro groups is 1. The van der Waals surface area contributed by atoms with E-state index in [1.54, 1.807) is 43.3 Å². The van der Waals surface area contributed by atoms with Crippen molar-refractivity contribution in [3.8, 4) is 5.75 Å². The molecule has 3 aromatic rings. The Morgan fingerprint density at radius 2 is 1.66 bits per heavy atom. The molecule has 0 saturated heterocycles. The van der Waals surface area contributed by atoms with E-state index in [0.717, 1.165) is 5.56 Å². The third kappa shape index (κ3) is 5.26. The maximum atomic E-state index is 12.6. The predicted octanol–water partition coefficient (Wildman–Crippen LogP) is 4.33. The lowest BCUT2D eigenvalue weighted by Crippen LogP contribution is -2.20. The number of carbonyl (C=O) groups is 1. The van der Waals surface area contributed by atoms with Crippen LogP contribution >= 0.6 is 0 Å². The van der Waals surface area contributed by atoms with E-state index in [0.29, 0.717) is 29.2 Å². The summed E-state index contributed by atoms with van der Waals surface area (Å²) in [6.45, 7) is 2.05. The monoisotopic (exact) mass is 389 g/mol. The van der Waals surface area contributed by atoms with E-state index in [1.807, 2.05) is 30.3 Å². The molecule has 0 fully saturated rings. The number of rotatable bonds is 7. The second-order valence-corrected chi connectivity index (χ2v) is 6.21. The van der Waals surface area contributed by atoms with E-state index in [-0.39, 0.29) is 5.69 Å². The third-order valence-electron chi connectivity index (χ3n) is 4.19. The van der Waals surface area contributed by atoms with Gasteiger partial charge in [0.25, 0.3) is 11.6 Å². The van der Waals surface area contributed by atoms with E-state index in [1.165, 1.54) is 12.1 Å². The number of ether oxygens (including phenoxy) is 1. The van der Waals surface area contributed by atoms with Gasteiger partial charge in [0.2, 0.25) is 0 Å². The summed E-state index contributed by atoms with van der Waals surface area (Å²) in [5.41, 5.74) is 5.06. The lowest BCUT2D eigenvalue weighted by atomic mass is 10.1. The van der Waals surface area contributed by atoms with Crippen LogP contribution in [0.3, 0.4) is 0 Å². The maximum Gasteiger partial charge on any atom is 0.275 e. The average molecular weight is 389 g/mol. The molecule has 7 nitrogen and oxygen atoms in total. The van der Waals surface area contributed by atoms with Gasteiger partial charge in [-0.15, -0.1) is 0 Å². The van der Waals surface area contributed by atoms with Gasteiger partial charge in [0.1, 0.15) is 12.4 Å². The Kier molecular flexibility index (Phi) is 6.32. The number of benzene rings is 3. The van der Waals surface area contributed by atoms with E-state index in [4.69, 9.17) is 4.74 Å². The maximum absolute atomic E-state index is 12.6. The largest absolute Gasteiger partial charge is 0.488 e. The Morgan fingerprint density at radius 3 is 2.34 bits per heavy atom.